The molecule has 0 atom stereocenters. The first-order chi connectivity index (χ1) is 10.2. The van der Waals surface area contributed by atoms with Crippen molar-refractivity contribution in [1.29, 1.82) is 0 Å². The van der Waals surface area contributed by atoms with Crippen molar-refractivity contribution < 1.29 is 19.0 Å². The van der Waals surface area contributed by atoms with E-state index in [1.54, 1.807) is 18.1 Å². The highest BCUT2D eigenvalue weighted by atomic mass is 16.6. The third-order valence-electron chi connectivity index (χ3n) is 3.36. The van der Waals surface area contributed by atoms with Crippen molar-refractivity contribution in [3.8, 4) is 11.5 Å². The van der Waals surface area contributed by atoms with E-state index >= 15 is 0 Å². The summed E-state index contributed by atoms with van der Waals surface area (Å²) >= 11 is 0. The fourth-order valence-corrected chi connectivity index (χ4v) is 2.33. The molecule has 0 aliphatic carbocycles. The largest absolute Gasteiger partial charge is 0.486 e. The average Bonchev–Trinajstić information content (AvgIpc) is 2.52. The Bertz CT molecular complexity index is 687. The number of esters is 1. The molecule has 1 aromatic heterocycles. The van der Waals surface area contributed by atoms with Crippen LogP contribution >= 0.6 is 0 Å². The highest BCUT2D eigenvalue weighted by Crippen LogP contribution is 2.37. The summed E-state index contributed by atoms with van der Waals surface area (Å²) in [5.74, 6) is 1.83. The number of carbonyl (C=O) groups excluding carboxylic acids is 1. The van der Waals surface area contributed by atoms with Gasteiger partial charge in [-0.3, -0.25) is 4.79 Å². The zero-order valence-electron chi connectivity index (χ0n) is 12.0. The summed E-state index contributed by atoms with van der Waals surface area (Å²) in [6.45, 7) is 1.22. The number of nitrogens with zero attached hydrogens (tertiary/aromatic N) is 2. The summed E-state index contributed by atoms with van der Waals surface area (Å²) in [6.07, 6.45) is 1.71. The molecule has 1 aromatic carbocycles. The normalized spacial score (nSPS) is 13.0. The molecule has 0 fully saturated rings. The molecular weight excluding hydrogens is 272 g/mol. The zero-order valence-corrected chi connectivity index (χ0v) is 12.0. The van der Waals surface area contributed by atoms with Crippen LogP contribution in [0.3, 0.4) is 0 Å². The average molecular weight is 288 g/mol. The van der Waals surface area contributed by atoms with Crippen molar-refractivity contribution in [1.82, 2.24) is 4.98 Å². The number of carbonyl (C=O) groups is 1. The van der Waals surface area contributed by atoms with Gasteiger partial charge in [-0.15, -0.1) is 0 Å². The van der Waals surface area contributed by atoms with Crippen LogP contribution in [0.4, 0.5) is 5.82 Å². The van der Waals surface area contributed by atoms with E-state index in [0.29, 0.717) is 24.8 Å². The van der Waals surface area contributed by atoms with E-state index in [0.717, 1.165) is 16.5 Å². The van der Waals surface area contributed by atoms with E-state index in [-0.39, 0.29) is 12.5 Å². The van der Waals surface area contributed by atoms with E-state index in [2.05, 4.69) is 4.98 Å². The van der Waals surface area contributed by atoms with Crippen molar-refractivity contribution in [2.75, 3.05) is 38.8 Å². The number of hydrogen-bond donors (Lipinski definition) is 0. The Kier molecular flexibility index (Phi) is 3.51. The Labute approximate surface area is 122 Å². The van der Waals surface area contributed by atoms with Gasteiger partial charge in [-0.05, 0) is 23.6 Å². The van der Waals surface area contributed by atoms with E-state index < -0.39 is 0 Å². The molecule has 0 spiro atoms. The molecule has 6 nitrogen and oxygen atoms in total. The minimum Gasteiger partial charge on any atom is -0.486 e. The molecule has 0 unspecified atom stereocenters. The van der Waals surface area contributed by atoms with Gasteiger partial charge in [0, 0.05) is 18.6 Å². The number of fused-ring (bicyclic) bond motifs is 2. The molecule has 0 N–H and O–H groups in total. The van der Waals surface area contributed by atoms with Crippen molar-refractivity contribution >= 4 is 22.6 Å². The number of benzene rings is 1. The standard InChI is InChI=1S/C15H16N2O4/c1-17(9-14(18)19-2)15-11-8-13-12(20-5-6-21-13)7-10(11)3-4-16-15/h3-4,7-8H,5-6,9H2,1-2H3. The number of ether oxygens (including phenoxy) is 3. The molecule has 6 heteroatoms. The summed E-state index contributed by atoms with van der Waals surface area (Å²) < 4.78 is 15.9. The van der Waals surface area contributed by atoms with Gasteiger partial charge in [-0.25, -0.2) is 4.98 Å². The smallest absolute Gasteiger partial charge is 0.325 e. The number of pyridine rings is 1. The summed E-state index contributed by atoms with van der Waals surface area (Å²) in [7, 11) is 3.17. The predicted molar refractivity (Wildman–Crippen MR) is 78.0 cm³/mol. The lowest BCUT2D eigenvalue weighted by molar-refractivity contribution is -0.138. The maximum absolute atomic E-state index is 11.4. The third kappa shape index (κ3) is 2.56. The summed E-state index contributed by atoms with van der Waals surface area (Å²) in [5, 5.41) is 1.90. The van der Waals surface area contributed by atoms with Crippen LogP contribution in [0.15, 0.2) is 24.4 Å². The van der Waals surface area contributed by atoms with E-state index in [1.165, 1.54) is 7.11 Å². The van der Waals surface area contributed by atoms with Crippen molar-refractivity contribution in [3.05, 3.63) is 24.4 Å². The first-order valence-corrected chi connectivity index (χ1v) is 6.65. The minimum atomic E-state index is -0.311. The van der Waals surface area contributed by atoms with Gasteiger partial charge in [0.25, 0.3) is 0 Å². The Morgan fingerprint density at radius 1 is 1.33 bits per heavy atom. The molecule has 0 bridgehead atoms. The first-order valence-electron chi connectivity index (χ1n) is 6.65. The van der Waals surface area contributed by atoms with Crippen LogP contribution in [0.5, 0.6) is 11.5 Å². The molecule has 110 valence electrons. The van der Waals surface area contributed by atoms with Gasteiger partial charge in [0.2, 0.25) is 0 Å². The molecule has 0 saturated carbocycles. The molecule has 0 saturated heterocycles. The Balaban J connectivity index is 2.04. The zero-order chi connectivity index (χ0) is 14.8. The van der Waals surface area contributed by atoms with Crippen molar-refractivity contribution in [2.24, 2.45) is 0 Å². The van der Waals surface area contributed by atoms with Gasteiger partial charge in [0.1, 0.15) is 25.6 Å². The van der Waals surface area contributed by atoms with Crippen LogP contribution in [0.1, 0.15) is 0 Å². The monoisotopic (exact) mass is 288 g/mol. The molecule has 0 radical (unpaired) electrons. The number of rotatable bonds is 3. The number of likely N-dealkylation sites (N-methyl/N-ethyl adjacent to an activating group) is 1. The molecular formula is C15H16N2O4. The van der Waals surface area contributed by atoms with Crippen LogP contribution in [0.2, 0.25) is 0 Å². The molecule has 3 rings (SSSR count). The maximum Gasteiger partial charge on any atom is 0.325 e. The molecule has 21 heavy (non-hydrogen) atoms. The van der Waals surface area contributed by atoms with Crippen LogP contribution in [-0.4, -0.2) is 44.9 Å². The maximum atomic E-state index is 11.4. The highest BCUT2D eigenvalue weighted by molar-refractivity contribution is 5.95. The number of hydrogen-bond acceptors (Lipinski definition) is 6. The highest BCUT2D eigenvalue weighted by Gasteiger charge is 2.17. The lowest BCUT2D eigenvalue weighted by Crippen LogP contribution is -2.27. The van der Waals surface area contributed by atoms with Gasteiger partial charge in [-0.2, -0.15) is 0 Å². The Morgan fingerprint density at radius 3 is 2.76 bits per heavy atom. The number of methoxy groups -OCH3 is 1. The van der Waals surface area contributed by atoms with Gasteiger partial charge < -0.3 is 19.1 Å². The first kappa shape index (κ1) is 13.5. The van der Waals surface area contributed by atoms with E-state index in [9.17, 15) is 4.79 Å². The van der Waals surface area contributed by atoms with Gasteiger partial charge in [0.15, 0.2) is 11.5 Å². The minimum absolute atomic E-state index is 0.136. The summed E-state index contributed by atoms with van der Waals surface area (Å²) in [5.41, 5.74) is 0. The second kappa shape index (κ2) is 5.47. The Hall–Kier alpha value is -2.50. The van der Waals surface area contributed by atoms with Crippen LogP contribution in [0.25, 0.3) is 10.8 Å². The number of aromatic nitrogens is 1. The fourth-order valence-electron chi connectivity index (χ4n) is 2.33. The van der Waals surface area contributed by atoms with Crippen molar-refractivity contribution in [3.63, 3.8) is 0 Å². The molecule has 1 aliphatic rings. The molecule has 1 aliphatic heterocycles. The topological polar surface area (TPSA) is 60.9 Å². The summed E-state index contributed by atoms with van der Waals surface area (Å²) in [4.78, 5) is 17.5. The fraction of sp³-hybridized carbons (Fsp3) is 0.333. The second-order valence-corrected chi connectivity index (χ2v) is 4.78. The van der Waals surface area contributed by atoms with Crippen molar-refractivity contribution in [2.45, 2.75) is 0 Å². The molecule has 2 aromatic rings. The Morgan fingerprint density at radius 2 is 2.05 bits per heavy atom. The van der Waals surface area contributed by atoms with Crippen LogP contribution in [-0.2, 0) is 9.53 Å². The van der Waals surface area contributed by atoms with Gasteiger partial charge in [0.05, 0.1) is 7.11 Å². The third-order valence-corrected chi connectivity index (χ3v) is 3.36. The quantitative estimate of drug-likeness (QED) is 0.800. The van der Waals surface area contributed by atoms with Crippen LogP contribution < -0.4 is 14.4 Å². The van der Waals surface area contributed by atoms with Gasteiger partial charge >= 0.3 is 5.97 Å². The summed E-state index contributed by atoms with van der Waals surface area (Å²) in [6, 6.07) is 5.74. The second-order valence-electron chi connectivity index (χ2n) is 4.78. The van der Waals surface area contributed by atoms with E-state index in [1.807, 2.05) is 18.2 Å². The van der Waals surface area contributed by atoms with Gasteiger partial charge in [-0.1, -0.05) is 0 Å². The van der Waals surface area contributed by atoms with Crippen LogP contribution in [0, 0.1) is 0 Å². The predicted octanol–water partition coefficient (Wildman–Crippen LogP) is 1.62. The molecule has 0 amide bonds. The lowest BCUT2D eigenvalue weighted by atomic mass is 10.1. The lowest BCUT2D eigenvalue weighted by Gasteiger charge is -2.22. The molecule has 2 heterocycles. The van der Waals surface area contributed by atoms with E-state index in [4.69, 9.17) is 14.2 Å². The number of anilines is 1. The SMILES string of the molecule is COC(=O)CN(C)c1nccc2cc3c(cc12)OCCO3.